The van der Waals surface area contributed by atoms with Crippen molar-refractivity contribution in [2.75, 3.05) is 38.2 Å². The van der Waals surface area contributed by atoms with Gasteiger partial charge in [0.2, 0.25) is 10.0 Å². The van der Waals surface area contributed by atoms with Crippen molar-refractivity contribution in [2.24, 2.45) is 4.99 Å². The molecule has 36 heavy (non-hydrogen) atoms. The summed E-state index contributed by atoms with van der Waals surface area (Å²) in [5.74, 6) is 0.457. The number of thiazole rings is 1. The van der Waals surface area contributed by atoms with E-state index in [0.717, 1.165) is 28.9 Å². The van der Waals surface area contributed by atoms with Crippen LogP contribution in [0.5, 0.6) is 5.75 Å². The summed E-state index contributed by atoms with van der Waals surface area (Å²) in [5.41, 5.74) is 2.94. The number of ether oxygens (including phenoxy) is 2. The monoisotopic (exact) mass is 546 g/mol. The topological polar surface area (TPSA) is 102 Å². The molecular weight excluding hydrogens is 524 g/mol. The van der Waals surface area contributed by atoms with E-state index in [1.165, 1.54) is 27.8 Å². The van der Waals surface area contributed by atoms with Crippen molar-refractivity contribution in [1.29, 1.82) is 0 Å². The second-order valence-corrected chi connectivity index (χ2v) is 12.0. The number of sulfonamides is 1. The van der Waals surface area contributed by atoms with Crippen LogP contribution >= 0.6 is 22.9 Å². The normalized spacial score (nSPS) is 19.0. The lowest BCUT2D eigenvalue weighted by atomic mass is 10.1. The van der Waals surface area contributed by atoms with E-state index < -0.39 is 10.0 Å². The number of halogens is 1. The third-order valence-electron chi connectivity index (χ3n) is 6.30. The van der Waals surface area contributed by atoms with Crippen LogP contribution in [0.4, 0.5) is 11.4 Å². The Labute approximate surface area is 217 Å². The number of carbonyl (C=O) groups is 1. The zero-order chi connectivity index (χ0) is 24.9. The number of rotatable bonds is 5. The number of hydrogen-bond donors (Lipinski definition) is 1. The van der Waals surface area contributed by atoms with Crippen LogP contribution in [0.1, 0.15) is 18.9 Å². The molecule has 12 heteroatoms. The third kappa shape index (κ3) is 4.46. The van der Waals surface area contributed by atoms with Gasteiger partial charge in [-0.25, -0.2) is 13.4 Å². The van der Waals surface area contributed by atoms with Gasteiger partial charge in [0, 0.05) is 30.1 Å². The summed E-state index contributed by atoms with van der Waals surface area (Å²) in [6.07, 6.45) is 2.06. The molecule has 0 unspecified atom stereocenters. The number of fused-ring (bicyclic) bond motifs is 1. The predicted octanol–water partition coefficient (Wildman–Crippen LogP) is 3.79. The van der Waals surface area contributed by atoms with Crippen molar-refractivity contribution in [2.45, 2.75) is 23.8 Å². The van der Waals surface area contributed by atoms with Crippen molar-refractivity contribution >= 4 is 50.2 Å². The number of nitrogens with zero attached hydrogens (tertiary/aromatic N) is 3. The maximum absolute atomic E-state index is 13.2. The Kier molecular flexibility index (Phi) is 6.12. The highest BCUT2D eigenvalue weighted by atomic mass is 35.5. The minimum atomic E-state index is -3.67. The van der Waals surface area contributed by atoms with Gasteiger partial charge in [-0.1, -0.05) is 11.6 Å². The Balaban J connectivity index is 1.40. The SMILES string of the molecule is O=C1COc2ccc(-c3csc(=Nc4cc(S(=O)(=O)N5CCOCC5)ccc4Cl)n3C3CC3)cc2N1. The van der Waals surface area contributed by atoms with Crippen molar-refractivity contribution < 1.29 is 22.7 Å². The van der Waals surface area contributed by atoms with E-state index in [2.05, 4.69) is 9.88 Å². The molecular formula is C24H23ClN4O5S2. The molecule has 1 saturated heterocycles. The van der Waals surface area contributed by atoms with E-state index in [0.29, 0.717) is 54.5 Å². The van der Waals surface area contributed by atoms with Crippen molar-refractivity contribution in [1.82, 2.24) is 8.87 Å². The van der Waals surface area contributed by atoms with Gasteiger partial charge in [-0.3, -0.25) is 4.79 Å². The fraction of sp³-hybridized carbons (Fsp3) is 0.333. The molecule has 1 aliphatic carbocycles. The molecule has 2 aliphatic heterocycles. The van der Waals surface area contributed by atoms with E-state index >= 15 is 0 Å². The van der Waals surface area contributed by atoms with Gasteiger partial charge < -0.3 is 19.4 Å². The number of morpholine rings is 1. The van der Waals surface area contributed by atoms with Crippen LogP contribution in [0.3, 0.4) is 0 Å². The Morgan fingerprint density at radius 1 is 1.11 bits per heavy atom. The molecule has 1 amide bonds. The summed E-state index contributed by atoms with van der Waals surface area (Å²) in [5, 5.41) is 5.25. The summed E-state index contributed by atoms with van der Waals surface area (Å²) in [6.45, 7) is 1.40. The Morgan fingerprint density at radius 3 is 2.69 bits per heavy atom. The second kappa shape index (κ2) is 9.31. The van der Waals surface area contributed by atoms with E-state index in [1.54, 1.807) is 6.07 Å². The average molecular weight is 547 g/mol. The summed E-state index contributed by atoms with van der Waals surface area (Å²) in [6, 6.07) is 10.6. The van der Waals surface area contributed by atoms with Crippen LogP contribution in [0.2, 0.25) is 5.02 Å². The first kappa shape index (κ1) is 23.7. The number of nitrogens with one attached hydrogen (secondary N) is 1. The first-order chi connectivity index (χ1) is 17.4. The lowest BCUT2D eigenvalue weighted by molar-refractivity contribution is -0.118. The third-order valence-corrected chi connectivity index (χ3v) is 9.36. The number of benzene rings is 2. The Bertz CT molecular complexity index is 1520. The number of amides is 1. The first-order valence-corrected chi connectivity index (χ1v) is 14.3. The minimum absolute atomic E-state index is 0.0109. The maximum Gasteiger partial charge on any atom is 0.262 e. The molecule has 1 aromatic heterocycles. The number of anilines is 1. The molecule has 0 spiro atoms. The quantitative estimate of drug-likeness (QED) is 0.524. The summed E-state index contributed by atoms with van der Waals surface area (Å²) in [7, 11) is -3.67. The van der Waals surface area contributed by atoms with Crippen molar-refractivity contribution in [3.63, 3.8) is 0 Å². The fourth-order valence-electron chi connectivity index (χ4n) is 4.32. The van der Waals surface area contributed by atoms with Gasteiger partial charge >= 0.3 is 0 Å². The van der Waals surface area contributed by atoms with Gasteiger partial charge in [0.1, 0.15) is 5.75 Å². The number of carbonyl (C=O) groups excluding carboxylic acids is 1. The molecule has 3 aliphatic rings. The van der Waals surface area contributed by atoms with Gasteiger partial charge in [0.15, 0.2) is 11.4 Å². The minimum Gasteiger partial charge on any atom is -0.482 e. The highest BCUT2D eigenvalue weighted by molar-refractivity contribution is 7.89. The molecule has 3 heterocycles. The van der Waals surface area contributed by atoms with Crippen LogP contribution < -0.4 is 14.9 Å². The van der Waals surface area contributed by atoms with Crippen molar-refractivity contribution in [3.8, 4) is 17.0 Å². The summed E-state index contributed by atoms with van der Waals surface area (Å²) >= 11 is 7.93. The molecule has 0 radical (unpaired) electrons. The maximum atomic E-state index is 13.2. The lowest BCUT2D eigenvalue weighted by Crippen LogP contribution is -2.40. The molecule has 9 nitrogen and oxygen atoms in total. The van der Waals surface area contributed by atoms with Gasteiger partial charge in [-0.05, 0) is 49.2 Å². The van der Waals surface area contributed by atoms with Crippen LogP contribution in [0, 0.1) is 0 Å². The highest BCUT2D eigenvalue weighted by Crippen LogP contribution is 2.40. The second-order valence-electron chi connectivity index (χ2n) is 8.79. The van der Waals surface area contributed by atoms with E-state index in [9.17, 15) is 13.2 Å². The smallest absolute Gasteiger partial charge is 0.262 e. The summed E-state index contributed by atoms with van der Waals surface area (Å²) < 4.78 is 40.7. The highest BCUT2D eigenvalue weighted by Gasteiger charge is 2.29. The molecule has 0 bridgehead atoms. The Morgan fingerprint density at radius 2 is 1.92 bits per heavy atom. The molecule has 2 aromatic carbocycles. The van der Waals surface area contributed by atoms with Crippen molar-refractivity contribution in [3.05, 3.63) is 51.6 Å². The van der Waals surface area contributed by atoms with Gasteiger partial charge in [0.05, 0.1) is 40.2 Å². The predicted molar refractivity (Wildman–Crippen MR) is 136 cm³/mol. The molecule has 3 aromatic rings. The van der Waals surface area contributed by atoms with E-state index in [4.69, 9.17) is 26.1 Å². The first-order valence-electron chi connectivity index (χ1n) is 11.6. The summed E-state index contributed by atoms with van der Waals surface area (Å²) in [4.78, 5) is 17.5. The van der Waals surface area contributed by atoms with Crippen LogP contribution in [-0.4, -0.2) is 56.1 Å². The molecule has 1 saturated carbocycles. The molecule has 0 atom stereocenters. The zero-order valence-electron chi connectivity index (χ0n) is 19.1. The van der Waals surface area contributed by atoms with Crippen LogP contribution in [0.25, 0.3) is 11.3 Å². The molecule has 2 fully saturated rings. The van der Waals surface area contributed by atoms with Gasteiger partial charge in [0.25, 0.3) is 5.91 Å². The van der Waals surface area contributed by atoms with Gasteiger partial charge in [-0.15, -0.1) is 11.3 Å². The fourth-order valence-corrected chi connectivity index (χ4v) is 6.89. The largest absolute Gasteiger partial charge is 0.482 e. The van der Waals surface area contributed by atoms with E-state index in [1.807, 2.05) is 23.6 Å². The van der Waals surface area contributed by atoms with Crippen LogP contribution in [0.15, 0.2) is 51.7 Å². The number of aromatic nitrogens is 1. The average Bonchev–Trinajstić information content (AvgIpc) is 3.64. The molecule has 188 valence electrons. The Hall–Kier alpha value is -2.70. The zero-order valence-corrected chi connectivity index (χ0v) is 21.5. The van der Waals surface area contributed by atoms with Gasteiger partial charge in [-0.2, -0.15) is 4.31 Å². The molecule has 6 rings (SSSR count). The van der Waals surface area contributed by atoms with E-state index in [-0.39, 0.29) is 17.4 Å². The standard InChI is InChI=1S/C24H23ClN4O5S2/c25-18-5-4-17(36(31,32)28-7-9-33-10-8-28)12-19(18)27-24-29(16-2-3-16)21(14-35-24)15-1-6-22-20(11-15)26-23(30)13-34-22/h1,4-6,11-12,14,16H,2-3,7-10,13H2,(H,26,30). The lowest BCUT2D eigenvalue weighted by Gasteiger charge is -2.26. The molecule has 1 N–H and O–H groups in total. The number of hydrogen-bond acceptors (Lipinski definition) is 7. The van der Waals surface area contributed by atoms with Crippen LogP contribution in [-0.2, 0) is 19.6 Å².